The van der Waals surface area contributed by atoms with Crippen LogP contribution in [0.2, 0.25) is 0 Å². The highest BCUT2D eigenvalue weighted by Gasteiger charge is 2.27. The molecular formula is C22H18N6O4. The second-order valence-electron chi connectivity index (χ2n) is 6.83. The molecule has 0 aliphatic heterocycles. The Morgan fingerprint density at radius 1 is 1.09 bits per heavy atom. The van der Waals surface area contributed by atoms with Crippen molar-refractivity contribution < 1.29 is 18.8 Å². The van der Waals surface area contributed by atoms with Crippen molar-refractivity contribution in [2.24, 2.45) is 5.73 Å². The second kappa shape index (κ2) is 9.04. The molecule has 0 fully saturated rings. The van der Waals surface area contributed by atoms with Crippen LogP contribution in [0.15, 0.2) is 78.1 Å². The topological polar surface area (TPSA) is 146 Å². The minimum atomic E-state index is -1.13. The van der Waals surface area contributed by atoms with E-state index in [1.807, 2.05) is 6.07 Å². The number of primary amides is 1. The molecule has 32 heavy (non-hydrogen) atoms. The van der Waals surface area contributed by atoms with Crippen LogP contribution in [-0.4, -0.2) is 43.2 Å². The van der Waals surface area contributed by atoms with Crippen LogP contribution in [0.1, 0.15) is 16.1 Å². The van der Waals surface area contributed by atoms with Gasteiger partial charge in [-0.15, -0.1) is 0 Å². The fourth-order valence-electron chi connectivity index (χ4n) is 3.16. The number of imidazole rings is 1. The second-order valence-corrected chi connectivity index (χ2v) is 6.83. The summed E-state index contributed by atoms with van der Waals surface area (Å²) in [6, 6.07) is 11.3. The molecule has 0 aliphatic rings. The quantitative estimate of drug-likeness (QED) is 0.401. The predicted octanol–water partition coefficient (Wildman–Crippen LogP) is 1.32. The van der Waals surface area contributed by atoms with Crippen LogP contribution in [0.4, 0.5) is 0 Å². The summed E-state index contributed by atoms with van der Waals surface area (Å²) < 4.78 is 6.76. The number of amides is 2. The molecule has 0 saturated carbocycles. The first-order valence-electron chi connectivity index (χ1n) is 9.60. The Morgan fingerprint density at radius 3 is 2.62 bits per heavy atom. The first-order chi connectivity index (χ1) is 15.5. The maximum atomic E-state index is 13.0. The van der Waals surface area contributed by atoms with Gasteiger partial charge in [0, 0.05) is 18.2 Å². The number of ketones is 1. The number of nitrogens with one attached hydrogen (secondary N) is 1. The van der Waals surface area contributed by atoms with Crippen molar-refractivity contribution in [2.45, 2.75) is 12.5 Å². The van der Waals surface area contributed by atoms with Gasteiger partial charge in [-0.3, -0.25) is 19.0 Å². The van der Waals surface area contributed by atoms with E-state index < -0.39 is 23.6 Å². The van der Waals surface area contributed by atoms with Crippen LogP contribution in [0.3, 0.4) is 0 Å². The molecule has 0 aliphatic carbocycles. The summed E-state index contributed by atoms with van der Waals surface area (Å²) in [5.74, 6) is -1.84. The third-order valence-electron chi connectivity index (χ3n) is 4.69. The number of hydrogen-bond acceptors (Lipinski definition) is 7. The summed E-state index contributed by atoms with van der Waals surface area (Å²) in [6.45, 7) is 0. The zero-order valence-corrected chi connectivity index (χ0v) is 16.7. The highest BCUT2D eigenvalue weighted by Crippen LogP contribution is 2.19. The number of hydrogen-bond donors (Lipinski definition) is 2. The van der Waals surface area contributed by atoms with Crippen molar-refractivity contribution in [3.8, 4) is 17.3 Å². The van der Waals surface area contributed by atoms with Crippen molar-refractivity contribution in [2.75, 3.05) is 0 Å². The van der Waals surface area contributed by atoms with Gasteiger partial charge in [0.15, 0.2) is 0 Å². The lowest BCUT2D eigenvalue weighted by atomic mass is 10.0. The molecule has 3 aromatic heterocycles. The van der Waals surface area contributed by atoms with E-state index in [0.29, 0.717) is 17.3 Å². The summed E-state index contributed by atoms with van der Waals surface area (Å²) >= 11 is 0. The van der Waals surface area contributed by atoms with Crippen molar-refractivity contribution >= 4 is 17.6 Å². The van der Waals surface area contributed by atoms with Crippen LogP contribution in [0.25, 0.3) is 17.3 Å². The van der Waals surface area contributed by atoms with E-state index in [9.17, 15) is 14.4 Å². The molecule has 3 heterocycles. The average molecular weight is 430 g/mol. The van der Waals surface area contributed by atoms with Crippen molar-refractivity contribution in [1.82, 2.24) is 24.8 Å². The summed E-state index contributed by atoms with van der Waals surface area (Å²) in [5, 5.41) is 2.59. The molecule has 4 rings (SSSR count). The molecule has 0 unspecified atom stereocenters. The molecule has 4 aromatic rings. The van der Waals surface area contributed by atoms with Crippen molar-refractivity contribution in [3.63, 3.8) is 0 Å². The number of Topliss-reactive ketones (excluding diaryl/α,β-unsaturated/α-hetero) is 1. The van der Waals surface area contributed by atoms with Crippen LogP contribution < -0.4 is 11.1 Å². The normalized spacial score (nSPS) is 11.6. The molecule has 0 spiro atoms. The maximum Gasteiger partial charge on any atom is 0.287 e. The van der Waals surface area contributed by atoms with Gasteiger partial charge in [-0.1, -0.05) is 30.3 Å². The van der Waals surface area contributed by atoms with Gasteiger partial charge in [-0.25, -0.2) is 15.0 Å². The number of carbonyl (C=O) groups is 3. The van der Waals surface area contributed by atoms with E-state index >= 15 is 0 Å². The number of pyridine rings is 1. The molecule has 10 nitrogen and oxygen atoms in total. The number of rotatable bonds is 8. The van der Waals surface area contributed by atoms with Gasteiger partial charge >= 0.3 is 0 Å². The van der Waals surface area contributed by atoms with Crippen molar-refractivity contribution in [1.29, 1.82) is 0 Å². The Balaban J connectivity index is 1.60. The van der Waals surface area contributed by atoms with E-state index in [4.69, 9.17) is 10.2 Å². The SMILES string of the molecule is NC(=O)C(=O)[C@H](Cc1ccccc1)NC(=O)c1cncn1-c1cc(-c2ncco2)ccn1. The molecule has 1 atom stereocenters. The number of benzene rings is 1. The molecule has 2 amide bonds. The fraction of sp³-hybridized carbons (Fsp3) is 0.0909. The van der Waals surface area contributed by atoms with Crippen LogP contribution in [0.5, 0.6) is 0 Å². The smallest absolute Gasteiger partial charge is 0.287 e. The van der Waals surface area contributed by atoms with Gasteiger partial charge in [-0.2, -0.15) is 0 Å². The van der Waals surface area contributed by atoms with Crippen LogP contribution >= 0.6 is 0 Å². The fourth-order valence-corrected chi connectivity index (χ4v) is 3.16. The number of carbonyl (C=O) groups excluding carboxylic acids is 3. The minimum absolute atomic E-state index is 0.111. The maximum absolute atomic E-state index is 13.0. The van der Waals surface area contributed by atoms with Gasteiger partial charge in [0.25, 0.3) is 11.8 Å². The summed E-state index contributed by atoms with van der Waals surface area (Å²) in [4.78, 5) is 49.3. The zero-order chi connectivity index (χ0) is 22.5. The summed E-state index contributed by atoms with van der Waals surface area (Å²) in [7, 11) is 0. The van der Waals surface area contributed by atoms with Gasteiger partial charge in [0.2, 0.25) is 11.7 Å². The highest BCUT2D eigenvalue weighted by atomic mass is 16.3. The highest BCUT2D eigenvalue weighted by molar-refractivity contribution is 6.38. The Kier molecular flexibility index (Phi) is 5.84. The predicted molar refractivity (Wildman–Crippen MR) is 112 cm³/mol. The van der Waals surface area contributed by atoms with Crippen LogP contribution in [0, 0.1) is 0 Å². The summed E-state index contributed by atoms with van der Waals surface area (Å²) in [6.07, 6.45) is 7.38. The lowest BCUT2D eigenvalue weighted by Crippen LogP contribution is -2.47. The van der Waals surface area contributed by atoms with Gasteiger partial charge in [0.05, 0.1) is 12.4 Å². The van der Waals surface area contributed by atoms with Gasteiger partial charge in [-0.05, 0) is 17.7 Å². The first kappa shape index (κ1) is 20.7. The van der Waals surface area contributed by atoms with Crippen molar-refractivity contribution in [3.05, 3.63) is 84.9 Å². The largest absolute Gasteiger partial charge is 0.445 e. The molecule has 0 radical (unpaired) electrons. The van der Waals surface area contributed by atoms with E-state index in [1.54, 1.807) is 42.6 Å². The standard InChI is InChI=1S/C22H18N6O4/c23-20(30)19(29)16(10-14-4-2-1-3-5-14)27-21(31)17-12-24-13-28(17)18-11-15(6-7-25-18)22-26-8-9-32-22/h1-9,11-13,16H,10H2,(H2,23,30)(H,27,31)/t16-/m0/s1. The molecule has 0 bridgehead atoms. The van der Waals surface area contributed by atoms with E-state index in [2.05, 4.69) is 20.3 Å². The third-order valence-corrected chi connectivity index (χ3v) is 4.69. The molecule has 160 valence electrons. The Bertz CT molecular complexity index is 1250. The van der Waals surface area contributed by atoms with E-state index in [1.165, 1.54) is 29.6 Å². The van der Waals surface area contributed by atoms with Gasteiger partial charge in [0.1, 0.15) is 30.1 Å². The number of nitrogens with two attached hydrogens (primary N) is 1. The molecule has 10 heteroatoms. The van der Waals surface area contributed by atoms with Gasteiger partial charge < -0.3 is 15.5 Å². The number of nitrogens with zero attached hydrogens (tertiary/aromatic N) is 4. The van der Waals surface area contributed by atoms with E-state index in [0.717, 1.165) is 5.56 Å². The zero-order valence-electron chi connectivity index (χ0n) is 16.7. The first-order valence-corrected chi connectivity index (χ1v) is 9.60. The molecule has 3 N–H and O–H groups in total. The number of aromatic nitrogens is 4. The molecular weight excluding hydrogens is 412 g/mol. The average Bonchev–Trinajstić information content (AvgIpc) is 3.51. The minimum Gasteiger partial charge on any atom is -0.445 e. The Morgan fingerprint density at radius 2 is 1.91 bits per heavy atom. The lowest BCUT2D eigenvalue weighted by molar-refractivity contribution is -0.137. The Hall–Kier alpha value is -4.60. The lowest BCUT2D eigenvalue weighted by Gasteiger charge is -2.17. The third kappa shape index (κ3) is 4.43. The monoisotopic (exact) mass is 430 g/mol. The molecule has 0 saturated heterocycles. The Labute approximate surface area is 182 Å². The van der Waals surface area contributed by atoms with Crippen LogP contribution in [-0.2, 0) is 16.0 Å². The summed E-state index contributed by atoms with van der Waals surface area (Å²) in [5.41, 5.74) is 6.73. The van der Waals surface area contributed by atoms with E-state index in [-0.39, 0.29) is 12.1 Å². The molecule has 1 aromatic carbocycles. The number of oxazole rings is 1.